The van der Waals surface area contributed by atoms with Crippen LogP contribution in [-0.2, 0) is 11.3 Å². The van der Waals surface area contributed by atoms with Gasteiger partial charge in [0.2, 0.25) is 0 Å². The molecule has 146 valence electrons. The van der Waals surface area contributed by atoms with E-state index in [4.69, 9.17) is 4.74 Å². The van der Waals surface area contributed by atoms with Crippen molar-refractivity contribution < 1.29 is 14.3 Å². The minimum atomic E-state index is -0.373. The Kier molecular flexibility index (Phi) is 5.49. The fourth-order valence-electron chi connectivity index (χ4n) is 3.34. The van der Waals surface area contributed by atoms with Crippen LogP contribution in [0.3, 0.4) is 0 Å². The minimum Gasteiger partial charge on any atom is -0.461 e. The number of nitrogens with zero attached hydrogens (tertiary/aromatic N) is 1. The van der Waals surface area contributed by atoms with Crippen LogP contribution in [0.15, 0.2) is 24.3 Å². The van der Waals surface area contributed by atoms with Crippen molar-refractivity contribution in [2.75, 3.05) is 6.61 Å². The lowest BCUT2D eigenvalue weighted by Gasteiger charge is -2.14. The van der Waals surface area contributed by atoms with Crippen molar-refractivity contribution in [2.24, 2.45) is 0 Å². The maximum Gasteiger partial charge on any atom is 0.354 e. The standard InChI is InChI=1S/C22H25N3O3/c1-6-28-22(27)19-10-17-9-16(7-8-18(17)25-19)11-23-21(26)20-13(3)12(2)14(4)24-15(20)5/h7-10,25H,6,11H2,1-5H3,(H,23,26). The third-order valence-corrected chi connectivity index (χ3v) is 5.04. The highest BCUT2D eigenvalue weighted by Gasteiger charge is 2.16. The zero-order chi connectivity index (χ0) is 20.4. The van der Waals surface area contributed by atoms with Gasteiger partial charge in [-0.2, -0.15) is 0 Å². The van der Waals surface area contributed by atoms with Gasteiger partial charge in [0.15, 0.2) is 0 Å². The third kappa shape index (κ3) is 3.76. The molecule has 0 aliphatic heterocycles. The number of aromatic amines is 1. The van der Waals surface area contributed by atoms with Crippen molar-refractivity contribution in [3.8, 4) is 0 Å². The molecular weight excluding hydrogens is 354 g/mol. The van der Waals surface area contributed by atoms with E-state index in [1.807, 2.05) is 45.9 Å². The Bertz CT molecular complexity index is 1070. The van der Waals surface area contributed by atoms with E-state index in [9.17, 15) is 9.59 Å². The van der Waals surface area contributed by atoms with Gasteiger partial charge in [0.1, 0.15) is 5.69 Å². The Hall–Kier alpha value is -3.15. The number of carbonyl (C=O) groups excluding carboxylic acids is 2. The molecule has 0 fully saturated rings. The predicted molar refractivity (Wildman–Crippen MR) is 109 cm³/mol. The van der Waals surface area contributed by atoms with Gasteiger partial charge in [0.25, 0.3) is 5.91 Å². The van der Waals surface area contributed by atoms with Crippen molar-refractivity contribution in [1.29, 1.82) is 0 Å². The first-order valence-electron chi connectivity index (χ1n) is 9.33. The first kappa shape index (κ1) is 19.6. The van der Waals surface area contributed by atoms with Crippen LogP contribution < -0.4 is 5.32 Å². The molecule has 3 aromatic rings. The minimum absolute atomic E-state index is 0.132. The first-order chi connectivity index (χ1) is 13.3. The maximum atomic E-state index is 12.7. The maximum absolute atomic E-state index is 12.7. The number of pyridine rings is 1. The van der Waals surface area contributed by atoms with Gasteiger partial charge in [-0.05, 0) is 69.5 Å². The molecule has 0 saturated heterocycles. The second-order valence-electron chi connectivity index (χ2n) is 6.92. The highest BCUT2D eigenvalue weighted by atomic mass is 16.5. The Morgan fingerprint density at radius 1 is 1.07 bits per heavy atom. The van der Waals surface area contributed by atoms with Gasteiger partial charge in [0.05, 0.1) is 17.9 Å². The number of hydrogen-bond acceptors (Lipinski definition) is 4. The molecule has 0 saturated carbocycles. The lowest BCUT2D eigenvalue weighted by molar-refractivity contribution is 0.0520. The fraction of sp³-hybridized carbons (Fsp3) is 0.318. The van der Waals surface area contributed by atoms with E-state index in [-0.39, 0.29) is 11.9 Å². The normalized spacial score (nSPS) is 10.9. The molecule has 0 aliphatic rings. The van der Waals surface area contributed by atoms with Crippen LogP contribution in [-0.4, -0.2) is 28.5 Å². The van der Waals surface area contributed by atoms with Gasteiger partial charge in [-0.15, -0.1) is 0 Å². The highest BCUT2D eigenvalue weighted by Crippen LogP contribution is 2.20. The Morgan fingerprint density at radius 2 is 1.82 bits per heavy atom. The number of amides is 1. The third-order valence-electron chi connectivity index (χ3n) is 5.04. The summed E-state index contributed by atoms with van der Waals surface area (Å²) in [6.07, 6.45) is 0. The number of nitrogens with one attached hydrogen (secondary N) is 2. The van der Waals surface area contributed by atoms with Gasteiger partial charge in [-0.1, -0.05) is 6.07 Å². The molecule has 0 radical (unpaired) electrons. The monoisotopic (exact) mass is 379 g/mol. The summed E-state index contributed by atoms with van der Waals surface area (Å²) in [7, 11) is 0. The molecule has 0 spiro atoms. The second-order valence-corrected chi connectivity index (χ2v) is 6.92. The van der Waals surface area contributed by atoms with Crippen LogP contribution >= 0.6 is 0 Å². The smallest absolute Gasteiger partial charge is 0.354 e. The van der Waals surface area contributed by atoms with Gasteiger partial charge in [0, 0.05) is 23.1 Å². The average Bonchev–Trinajstić information content (AvgIpc) is 3.08. The molecule has 2 aromatic heterocycles. The summed E-state index contributed by atoms with van der Waals surface area (Å²) < 4.78 is 5.02. The molecule has 28 heavy (non-hydrogen) atoms. The summed E-state index contributed by atoms with van der Waals surface area (Å²) in [5.74, 6) is -0.506. The van der Waals surface area contributed by atoms with Crippen molar-refractivity contribution in [3.63, 3.8) is 0 Å². The van der Waals surface area contributed by atoms with E-state index in [0.29, 0.717) is 24.4 Å². The number of benzene rings is 1. The van der Waals surface area contributed by atoms with Gasteiger partial charge < -0.3 is 15.0 Å². The SMILES string of the molecule is CCOC(=O)c1cc2cc(CNC(=O)c3c(C)nc(C)c(C)c3C)ccc2[nH]1. The second kappa shape index (κ2) is 7.84. The van der Waals surface area contributed by atoms with E-state index in [1.54, 1.807) is 13.0 Å². The molecular formula is C22H25N3O3. The van der Waals surface area contributed by atoms with Gasteiger partial charge >= 0.3 is 5.97 Å². The highest BCUT2D eigenvalue weighted by molar-refractivity contribution is 5.97. The summed E-state index contributed by atoms with van der Waals surface area (Å²) in [5, 5.41) is 3.88. The molecule has 6 nitrogen and oxygen atoms in total. The van der Waals surface area contributed by atoms with Crippen LogP contribution in [0.1, 0.15) is 55.8 Å². The molecule has 0 unspecified atom stereocenters. The van der Waals surface area contributed by atoms with Crippen LogP contribution in [0.25, 0.3) is 10.9 Å². The molecule has 0 atom stereocenters. The van der Waals surface area contributed by atoms with Crippen molar-refractivity contribution in [1.82, 2.24) is 15.3 Å². The summed E-state index contributed by atoms with van der Waals surface area (Å²) >= 11 is 0. The largest absolute Gasteiger partial charge is 0.461 e. The quantitative estimate of drug-likeness (QED) is 0.659. The summed E-state index contributed by atoms with van der Waals surface area (Å²) in [6, 6.07) is 7.54. The van der Waals surface area contributed by atoms with E-state index >= 15 is 0 Å². The fourth-order valence-corrected chi connectivity index (χ4v) is 3.34. The molecule has 1 amide bonds. The zero-order valence-corrected chi connectivity index (χ0v) is 16.9. The molecule has 2 heterocycles. The number of aryl methyl sites for hydroxylation is 2. The van der Waals surface area contributed by atoms with Crippen LogP contribution in [0.5, 0.6) is 0 Å². The average molecular weight is 379 g/mol. The Morgan fingerprint density at radius 3 is 2.54 bits per heavy atom. The number of hydrogen-bond donors (Lipinski definition) is 2. The molecule has 1 aromatic carbocycles. The van der Waals surface area contributed by atoms with Gasteiger partial charge in [-0.25, -0.2) is 4.79 Å². The van der Waals surface area contributed by atoms with Crippen molar-refractivity contribution in [2.45, 2.75) is 41.2 Å². The van der Waals surface area contributed by atoms with Gasteiger partial charge in [-0.3, -0.25) is 9.78 Å². The summed E-state index contributed by atoms with van der Waals surface area (Å²) in [6.45, 7) is 10.2. The number of H-pyrrole nitrogens is 1. The van der Waals surface area contributed by atoms with Crippen molar-refractivity contribution in [3.05, 3.63) is 63.6 Å². The lowest BCUT2D eigenvalue weighted by Crippen LogP contribution is -2.25. The van der Waals surface area contributed by atoms with Crippen LogP contribution in [0.2, 0.25) is 0 Å². The molecule has 2 N–H and O–H groups in total. The number of fused-ring (bicyclic) bond motifs is 1. The van der Waals surface area contributed by atoms with Crippen LogP contribution in [0, 0.1) is 27.7 Å². The lowest BCUT2D eigenvalue weighted by atomic mass is 10.0. The number of ether oxygens (including phenoxy) is 1. The summed E-state index contributed by atoms with van der Waals surface area (Å²) in [5.41, 5.74) is 6.53. The van der Waals surface area contributed by atoms with E-state index in [0.717, 1.165) is 39.0 Å². The number of esters is 1. The molecule has 0 aliphatic carbocycles. The zero-order valence-electron chi connectivity index (χ0n) is 16.9. The molecule has 0 bridgehead atoms. The number of rotatable bonds is 5. The van der Waals surface area contributed by atoms with E-state index in [1.165, 1.54) is 0 Å². The topological polar surface area (TPSA) is 84.1 Å². The summed E-state index contributed by atoms with van der Waals surface area (Å²) in [4.78, 5) is 32.1. The van der Waals surface area contributed by atoms with E-state index in [2.05, 4.69) is 15.3 Å². The number of carbonyl (C=O) groups is 2. The predicted octanol–water partition coefficient (Wildman–Crippen LogP) is 3.90. The number of aromatic nitrogens is 2. The van der Waals surface area contributed by atoms with Crippen LogP contribution in [0.4, 0.5) is 0 Å². The molecule has 6 heteroatoms. The molecule has 3 rings (SSSR count). The first-order valence-corrected chi connectivity index (χ1v) is 9.33. The van der Waals surface area contributed by atoms with E-state index < -0.39 is 0 Å². The van der Waals surface area contributed by atoms with Crippen molar-refractivity contribution >= 4 is 22.8 Å². The Labute approximate surface area is 164 Å². The Balaban J connectivity index is 1.78.